The predicted molar refractivity (Wildman–Crippen MR) is 90.9 cm³/mol. The van der Waals surface area contributed by atoms with Crippen molar-refractivity contribution in [2.75, 3.05) is 0 Å². The van der Waals surface area contributed by atoms with Crippen molar-refractivity contribution in [3.8, 4) is 0 Å². The molecule has 0 radical (unpaired) electrons. The second-order valence-corrected chi connectivity index (χ2v) is 4.74. The van der Waals surface area contributed by atoms with Gasteiger partial charge in [0.2, 0.25) is 5.95 Å². The van der Waals surface area contributed by atoms with Gasteiger partial charge in [0, 0.05) is 37.4 Å². The number of halogens is 2. The van der Waals surface area contributed by atoms with Gasteiger partial charge in [0.1, 0.15) is 14.1 Å². The van der Waals surface area contributed by atoms with Crippen LogP contribution in [0.4, 0.5) is 8.78 Å². The van der Waals surface area contributed by atoms with Crippen LogP contribution in [0.3, 0.4) is 0 Å². The third-order valence-corrected chi connectivity index (χ3v) is 2.93. The molecule has 3 aromatic rings. The third kappa shape index (κ3) is 8.68. The zero-order chi connectivity index (χ0) is 17.1. The van der Waals surface area contributed by atoms with Crippen molar-refractivity contribution in [3.63, 3.8) is 0 Å². The molecule has 5 heteroatoms. The number of hydrogen-bond donors (Lipinski definition) is 0. The molecule has 0 N–H and O–H groups in total. The fourth-order valence-electron chi connectivity index (χ4n) is 1.45. The van der Waals surface area contributed by atoms with E-state index >= 15 is 0 Å². The molecule has 0 saturated carbocycles. The first kappa shape index (κ1) is 21.3. The summed E-state index contributed by atoms with van der Waals surface area (Å²) in [6.45, 7) is 2.08. The van der Waals surface area contributed by atoms with Gasteiger partial charge in [-0.2, -0.15) is 8.96 Å². The van der Waals surface area contributed by atoms with Crippen LogP contribution >= 0.6 is 0 Å². The Hall–Kier alpha value is -2.69. The quantitative estimate of drug-likeness (QED) is 0.457. The third-order valence-electron chi connectivity index (χ3n) is 2.93. The Labute approximate surface area is 142 Å². The Kier molecular flexibility index (Phi) is 10.5. The van der Waals surface area contributed by atoms with Crippen molar-refractivity contribution in [2.24, 2.45) is 14.1 Å². The van der Waals surface area contributed by atoms with Crippen LogP contribution in [0.5, 0.6) is 0 Å². The Morgan fingerprint density at radius 2 is 1.38 bits per heavy atom. The highest BCUT2D eigenvalue weighted by molar-refractivity contribution is 4.93. The van der Waals surface area contributed by atoms with Crippen LogP contribution in [0.2, 0.25) is 0 Å². The Bertz CT molecular complexity index is 618. The minimum atomic E-state index is -0.428. The van der Waals surface area contributed by atoms with Gasteiger partial charge in [-0.25, -0.2) is 9.55 Å². The largest absolute Gasteiger partial charge is 0.359 e. The van der Waals surface area contributed by atoms with Crippen molar-refractivity contribution < 1.29 is 17.9 Å². The highest BCUT2D eigenvalue weighted by atomic mass is 19.1. The van der Waals surface area contributed by atoms with Gasteiger partial charge in [-0.3, -0.25) is 0 Å². The van der Waals surface area contributed by atoms with Crippen molar-refractivity contribution in [1.29, 1.82) is 0 Å². The summed E-state index contributed by atoms with van der Waals surface area (Å²) in [5, 5.41) is 0. The van der Waals surface area contributed by atoms with E-state index in [1.165, 1.54) is 28.6 Å². The van der Waals surface area contributed by atoms with Crippen LogP contribution in [0.25, 0.3) is 0 Å². The Morgan fingerprint density at radius 1 is 0.792 bits per heavy atom. The summed E-state index contributed by atoms with van der Waals surface area (Å²) >= 11 is 0. The van der Waals surface area contributed by atoms with Crippen LogP contribution in [-0.4, -0.2) is 4.98 Å². The first-order chi connectivity index (χ1) is 11.0. The van der Waals surface area contributed by atoms with E-state index in [1.807, 2.05) is 25.4 Å². The van der Waals surface area contributed by atoms with Crippen molar-refractivity contribution in [3.05, 3.63) is 90.8 Å². The topological polar surface area (TPSA) is 20.6 Å². The van der Waals surface area contributed by atoms with Gasteiger partial charge >= 0.3 is 5.95 Å². The van der Waals surface area contributed by atoms with Crippen LogP contribution in [0.1, 0.15) is 13.1 Å². The van der Waals surface area contributed by atoms with Gasteiger partial charge < -0.3 is 0 Å². The van der Waals surface area contributed by atoms with E-state index in [-0.39, 0.29) is 13.4 Å². The van der Waals surface area contributed by atoms with Crippen LogP contribution < -0.4 is 9.13 Å². The maximum absolute atomic E-state index is 12.3. The lowest BCUT2D eigenvalue weighted by Crippen LogP contribution is -2.31. The molecule has 0 aliphatic rings. The summed E-state index contributed by atoms with van der Waals surface area (Å²) < 4.78 is 27.6. The minimum Gasteiger partial charge on any atom is -0.228 e. The zero-order valence-corrected chi connectivity index (χ0v) is 13.5. The Balaban J connectivity index is 0.000000325. The summed E-state index contributed by atoms with van der Waals surface area (Å²) in [5.41, 5.74) is 1.28. The predicted octanol–water partition coefficient (Wildman–Crippen LogP) is 3.33. The summed E-state index contributed by atoms with van der Waals surface area (Å²) in [4.78, 5) is 3.31. The first-order valence-corrected chi connectivity index (χ1v) is 7.08. The van der Waals surface area contributed by atoms with Gasteiger partial charge in [-0.1, -0.05) is 19.6 Å². The van der Waals surface area contributed by atoms with Crippen molar-refractivity contribution in [1.82, 2.24) is 4.98 Å². The summed E-state index contributed by atoms with van der Waals surface area (Å²) in [6.07, 6.45) is 5.11. The highest BCUT2D eigenvalue weighted by Gasteiger charge is 1.97. The highest BCUT2D eigenvalue weighted by Crippen LogP contribution is 1.86. The molecule has 3 nitrogen and oxygen atoms in total. The average Bonchev–Trinajstić information content (AvgIpc) is 2.55. The summed E-state index contributed by atoms with van der Waals surface area (Å²) in [5.74, 6) is -0.644. The Morgan fingerprint density at radius 3 is 1.67 bits per heavy atom. The normalized spacial score (nSPS) is 8.71. The SMILES string of the molecule is C.C[n+]1ccccc1F.Cc1cccc[n+]1C.Fc1ccccn1. The fourth-order valence-corrected chi connectivity index (χ4v) is 1.45. The molecule has 0 saturated heterocycles. The molecule has 3 heterocycles. The molecular formula is C19H25F2N3+2. The van der Waals surface area contributed by atoms with E-state index in [9.17, 15) is 8.78 Å². The second kappa shape index (κ2) is 11.8. The summed E-state index contributed by atoms with van der Waals surface area (Å²) in [7, 11) is 3.70. The molecular weight excluding hydrogens is 308 g/mol. The van der Waals surface area contributed by atoms with Gasteiger partial charge in [-0.05, 0) is 18.2 Å². The molecule has 128 valence electrons. The molecule has 0 aromatic carbocycles. The zero-order valence-electron chi connectivity index (χ0n) is 13.5. The van der Waals surface area contributed by atoms with Gasteiger partial charge in [-0.15, -0.1) is 4.39 Å². The van der Waals surface area contributed by atoms with Crippen LogP contribution in [0, 0.1) is 18.8 Å². The lowest BCUT2D eigenvalue weighted by Gasteiger charge is -1.87. The molecule has 3 rings (SSSR count). The number of nitrogens with zero attached hydrogens (tertiary/aromatic N) is 3. The van der Waals surface area contributed by atoms with E-state index in [2.05, 4.69) is 22.5 Å². The van der Waals surface area contributed by atoms with E-state index < -0.39 is 5.95 Å². The lowest BCUT2D eigenvalue weighted by molar-refractivity contribution is -0.700. The van der Waals surface area contributed by atoms with Gasteiger partial charge in [0.15, 0.2) is 18.1 Å². The van der Waals surface area contributed by atoms with E-state index in [0.29, 0.717) is 0 Å². The number of hydrogen-bond acceptors (Lipinski definition) is 1. The minimum absolute atomic E-state index is 0. The summed E-state index contributed by atoms with van der Waals surface area (Å²) in [6, 6.07) is 15.6. The van der Waals surface area contributed by atoms with Crippen LogP contribution in [-0.2, 0) is 14.1 Å². The molecule has 0 aliphatic heterocycles. The van der Waals surface area contributed by atoms with E-state index in [4.69, 9.17) is 0 Å². The molecule has 24 heavy (non-hydrogen) atoms. The number of aryl methyl sites for hydroxylation is 3. The number of rotatable bonds is 0. The lowest BCUT2D eigenvalue weighted by atomic mass is 10.4. The van der Waals surface area contributed by atoms with E-state index in [0.717, 1.165) is 0 Å². The molecule has 0 unspecified atom stereocenters. The van der Waals surface area contributed by atoms with Crippen molar-refractivity contribution in [2.45, 2.75) is 14.4 Å². The average molecular weight is 333 g/mol. The second-order valence-electron chi connectivity index (χ2n) is 4.74. The van der Waals surface area contributed by atoms with Gasteiger partial charge in [0.25, 0.3) is 0 Å². The molecule has 0 amide bonds. The molecule has 0 spiro atoms. The molecule has 0 atom stereocenters. The maximum atomic E-state index is 12.3. The van der Waals surface area contributed by atoms with Crippen LogP contribution in [0.15, 0.2) is 73.2 Å². The monoisotopic (exact) mass is 333 g/mol. The van der Waals surface area contributed by atoms with Gasteiger partial charge in [0.05, 0.1) is 0 Å². The number of pyridine rings is 3. The number of aromatic nitrogens is 3. The molecule has 0 fully saturated rings. The maximum Gasteiger partial charge on any atom is 0.359 e. The molecule has 0 bridgehead atoms. The first-order valence-electron chi connectivity index (χ1n) is 7.08. The smallest absolute Gasteiger partial charge is 0.228 e. The standard InChI is InChI=1S/C7H10N.C6H7FN.C5H4FN.CH4/c1-7-5-3-4-6-8(7)2;1-8-5-3-2-4-6(8)7;6-5-3-1-2-4-7-5;/h3-6H,1-2H3;2-5H,1H3;1-4H;1H4/q2*+1;;. The van der Waals surface area contributed by atoms with E-state index in [1.54, 1.807) is 37.5 Å². The fraction of sp³-hybridized carbons (Fsp3) is 0.211. The molecule has 3 aromatic heterocycles. The molecule has 0 aliphatic carbocycles. The van der Waals surface area contributed by atoms with Crippen molar-refractivity contribution >= 4 is 0 Å².